The first kappa shape index (κ1) is 23.9. The van der Waals surface area contributed by atoms with Crippen LogP contribution in [0.2, 0.25) is 0 Å². The minimum atomic E-state index is -0.176. The van der Waals surface area contributed by atoms with Crippen molar-refractivity contribution in [1.29, 1.82) is 5.41 Å². The minimum absolute atomic E-state index is 0.133. The summed E-state index contributed by atoms with van der Waals surface area (Å²) in [4.78, 5) is 22.5. The van der Waals surface area contributed by atoms with Crippen LogP contribution in [0.15, 0.2) is 67.1 Å². The lowest BCUT2D eigenvalue weighted by atomic mass is 10.0. The first-order chi connectivity index (χ1) is 17.1. The predicted octanol–water partition coefficient (Wildman–Crippen LogP) is 3.74. The predicted molar refractivity (Wildman–Crippen MR) is 134 cm³/mol. The first-order valence-electron chi connectivity index (χ1n) is 11.4. The van der Waals surface area contributed by atoms with Crippen molar-refractivity contribution in [3.05, 3.63) is 78.2 Å². The fraction of sp³-hybridized carbons (Fsp3) is 0.259. The van der Waals surface area contributed by atoms with Crippen LogP contribution >= 0.6 is 0 Å². The van der Waals surface area contributed by atoms with Crippen molar-refractivity contribution in [2.45, 2.75) is 18.9 Å². The summed E-state index contributed by atoms with van der Waals surface area (Å²) in [5.41, 5.74) is 1.67. The molecule has 3 aromatic rings. The van der Waals surface area contributed by atoms with E-state index in [1.165, 1.54) is 6.33 Å². The molecule has 4 rings (SSSR count). The number of carbonyl (C=O) groups is 1. The van der Waals surface area contributed by atoms with Gasteiger partial charge in [0.2, 0.25) is 0 Å². The minimum Gasteiger partial charge on any atom is -0.457 e. The summed E-state index contributed by atoms with van der Waals surface area (Å²) in [5, 5.41) is 12.2. The maximum atomic E-state index is 12.2. The molecule has 8 nitrogen and oxygen atoms in total. The number of anilines is 1. The summed E-state index contributed by atoms with van der Waals surface area (Å²) in [6.45, 7) is 1.47. The van der Waals surface area contributed by atoms with Gasteiger partial charge in [-0.1, -0.05) is 24.1 Å². The van der Waals surface area contributed by atoms with Gasteiger partial charge >= 0.3 is 0 Å². The van der Waals surface area contributed by atoms with E-state index in [1.807, 2.05) is 54.6 Å². The molecule has 0 atom stereocenters. The van der Waals surface area contributed by atoms with Gasteiger partial charge in [-0.15, -0.1) is 0 Å². The van der Waals surface area contributed by atoms with Gasteiger partial charge in [0.05, 0.1) is 11.3 Å². The molecule has 1 amide bonds. The summed E-state index contributed by atoms with van der Waals surface area (Å²) < 4.78 is 10.7. The second kappa shape index (κ2) is 11.8. The molecule has 2 heterocycles. The van der Waals surface area contributed by atoms with Crippen LogP contribution < -0.4 is 10.1 Å². The van der Waals surface area contributed by atoms with E-state index in [4.69, 9.17) is 14.9 Å². The quantitative estimate of drug-likeness (QED) is 0.404. The Labute approximate surface area is 204 Å². The third kappa shape index (κ3) is 6.43. The van der Waals surface area contributed by atoms with Gasteiger partial charge in [-0.3, -0.25) is 10.2 Å². The van der Waals surface area contributed by atoms with Crippen molar-refractivity contribution < 1.29 is 14.3 Å². The van der Waals surface area contributed by atoms with Crippen molar-refractivity contribution in [1.82, 2.24) is 14.9 Å². The number of hydrogen-bond acceptors (Lipinski definition) is 7. The highest BCUT2D eigenvalue weighted by atomic mass is 16.5. The van der Waals surface area contributed by atoms with Crippen molar-refractivity contribution in [2.24, 2.45) is 0 Å². The summed E-state index contributed by atoms with van der Waals surface area (Å²) in [6, 6.07) is 17.1. The number of nitrogens with one attached hydrogen (secondary N) is 2. The smallest absolute Gasteiger partial charge is 0.298 e. The maximum absolute atomic E-state index is 12.2. The SMILES string of the molecule is COCC#CC(=O)N1CCC(Nc2ncncc2C(=N)c2ccc(Oc3ccccc3)cc2)CC1. The third-order valence-electron chi connectivity index (χ3n) is 5.64. The summed E-state index contributed by atoms with van der Waals surface area (Å²) >= 11 is 0. The van der Waals surface area contributed by atoms with Crippen molar-refractivity contribution in [2.75, 3.05) is 32.1 Å². The number of piperidine rings is 1. The van der Waals surface area contributed by atoms with Gasteiger partial charge < -0.3 is 19.7 Å². The molecule has 0 radical (unpaired) electrons. The molecule has 178 valence electrons. The highest BCUT2D eigenvalue weighted by Crippen LogP contribution is 2.24. The van der Waals surface area contributed by atoms with Crippen LogP contribution in [0.3, 0.4) is 0 Å². The van der Waals surface area contributed by atoms with Crippen LogP contribution in [0.5, 0.6) is 11.5 Å². The molecule has 2 aromatic carbocycles. The number of rotatable bonds is 7. The zero-order chi connectivity index (χ0) is 24.5. The van der Waals surface area contributed by atoms with E-state index in [1.54, 1.807) is 18.2 Å². The maximum Gasteiger partial charge on any atom is 0.298 e. The number of amides is 1. The van der Waals surface area contributed by atoms with Gasteiger partial charge in [0.15, 0.2) is 0 Å². The van der Waals surface area contributed by atoms with Crippen molar-refractivity contribution in [3.8, 4) is 23.3 Å². The highest BCUT2D eigenvalue weighted by molar-refractivity contribution is 6.13. The number of benzene rings is 2. The molecule has 8 heteroatoms. The average molecular weight is 470 g/mol. The molecule has 1 aliphatic heterocycles. The topological polar surface area (TPSA) is 100 Å². The number of hydrogen-bond donors (Lipinski definition) is 2. The Morgan fingerprint density at radius 1 is 1.11 bits per heavy atom. The lowest BCUT2D eigenvalue weighted by molar-refractivity contribution is -0.126. The number of ether oxygens (including phenoxy) is 2. The van der Waals surface area contributed by atoms with Gasteiger partial charge in [-0.05, 0) is 55.2 Å². The van der Waals surface area contributed by atoms with Crippen LogP contribution in [-0.2, 0) is 9.53 Å². The molecular weight excluding hydrogens is 442 g/mol. The first-order valence-corrected chi connectivity index (χ1v) is 11.4. The number of aromatic nitrogens is 2. The van der Waals surface area contributed by atoms with E-state index in [-0.39, 0.29) is 18.6 Å². The molecule has 1 saturated heterocycles. The van der Waals surface area contributed by atoms with Crippen LogP contribution in [0.25, 0.3) is 0 Å². The molecule has 0 saturated carbocycles. The Morgan fingerprint density at radius 2 is 1.83 bits per heavy atom. The zero-order valence-electron chi connectivity index (χ0n) is 19.5. The largest absolute Gasteiger partial charge is 0.457 e. The second-order valence-corrected chi connectivity index (χ2v) is 8.05. The Kier molecular flexibility index (Phi) is 8.04. The van der Waals surface area contributed by atoms with Crippen molar-refractivity contribution in [3.63, 3.8) is 0 Å². The molecule has 2 N–H and O–H groups in total. The molecule has 1 fully saturated rings. The summed E-state index contributed by atoms with van der Waals surface area (Å²) in [5.74, 6) is 7.21. The molecule has 0 bridgehead atoms. The molecule has 0 spiro atoms. The number of likely N-dealkylation sites (tertiary alicyclic amines) is 1. The molecule has 0 unspecified atom stereocenters. The monoisotopic (exact) mass is 469 g/mol. The standard InChI is InChI=1S/C27H27N5O3/c1-34-17-5-8-25(33)32-15-13-21(14-16-32)31-27-24(18-29-19-30-27)26(28)20-9-11-23(12-10-20)35-22-6-3-2-4-7-22/h2-4,6-7,9-12,18-19,21,28H,13-17H2,1H3,(H,29,30,31). The normalized spacial score (nSPS) is 13.5. The van der Waals surface area contributed by atoms with Gasteiger partial charge in [0.1, 0.15) is 30.3 Å². The van der Waals surface area contributed by atoms with Gasteiger partial charge in [-0.25, -0.2) is 9.97 Å². The summed E-state index contributed by atoms with van der Waals surface area (Å²) in [6.07, 6.45) is 4.65. The van der Waals surface area contributed by atoms with E-state index in [0.29, 0.717) is 35.9 Å². The molecule has 0 aliphatic carbocycles. The fourth-order valence-electron chi connectivity index (χ4n) is 3.78. The molecular formula is C27H27N5O3. The van der Waals surface area contributed by atoms with E-state index in [0.717, 1.165) is 24.2 Å². The zero-order valence-corrected chi connectivity index (χ0v) is 19.5. The van der Waals surface area contributed by atoms with E-state index < -0.39 is 0 Å². The Bertz CT molecular complexity index is 1210. The number of para-hydroxylation sites is 1. The Morgan fingerprint density at radius 3 is 2.54 bits per heavy atom. The van der Waals surface area contributed by atoms with Crippen LogP contribution in [-0.4, -0.2) is 59.3 Å². The molecule has 35 heavy (non-hydrogen) atoms. The number of methoxy groups -OCH3 is 1. The molecule has 1 aliphatic rings. The number of carbonyl (C=O) groups excluding carboxylic acids is 1. The van der Waals surface area contributed by atoms with Crippen LogP contribution in [0.4, 0.5) is 5.82 Å². The van der Waals surface area contributed by atoms with Gasteiger partial charge in [-0.2, -0.15) is 0 Å². The number of nitrogens with zero attached hydrogens (tertiary/aromatic N) is 3. The van der Waals surface area contributed by atoms with Gasteiger partial charge in [0, 0.05) is 38.0 Å². The lowest BCUT2D eigenvalue weighted by Gasteiger charge is -2.31. The molecule has 1 aromatic heterocycles. The average Bonchev–Trinajstić information content (AvgIpc) is 2.90. The van der Waals surface area contributed by atoms with Gasteiger partial charge in [0.25, 0.3) is 5.91 Å². The Balaban J connectivity index is 1.38. The highest BCUT2D eigenvalue weighted by Gasteiger charge is 2.23. The lowest BCUT2D eigenvalue weighted by Crippen LogP contribution is -2.42. The van der Waals surface area contributed by atoms with Crippen LogP contribution in [0, 0.1) is 17.3 Å². The Hall–Kier alpha value is -4.22. The fourth-order valence-corrected chi connectivity index (χ4v) is 3.78. The summed E-state index contributed by atoms with van der Waals surface area (Å²) in [7, 11) is 1.55. The van der Waals surface area contributed by atoms with E-state index in [2.05, 4.69) is 27.1 Å². The van der Waals surface area contributed by atoms with E-state index >= 15 is 0 Å². The second-order valence-electron chi connectivity index (χ2n) is 8.05. The van der Waals surface area contributed by atoms with Crippen molar-refractivity contribution >= 4 is 17.4 Å². The van der Waals surface area contributed by atoms with E-state index in [9.17, 15) is 4.79 Å². The van der Waals surface area contributed by atoms with Crippen LogP contribution in [0.1, 0.15) is 24.0 Å². The third-order valence-corrected chi connectivity index (χ3v) is 5.64.